The van der Waals surface area contributed by atoms with Crippen molar-refractivity contribution < 1.29 is 14.6 Å². The fourth-order valence-corrected chi connectivity index (χ4v) is 4.15. The predicted molar refractivity (Wildman–Crippen MR) is 129 cm³/mol. The molecular formula is C27H32N2O4. The van der Waals surface area contributed by atoms with Crippen molar-refractivity contribution in [2.24, 2.45) is 0 Å². The van der Waals surface area contributed by atoms with Gasteiger partial charge in [-0.25, -0.2) is 4.79 Å². The fourth-order valence-electron chi connectivity index (χ4n) is 4.15. The molecule has 1 saturated carbocycles. The van der Waals surface area contributed by atoms with Gasteiger partial charge in [0.1, 0.15) is 11.2 Å². The summed E-state index contributed by atoms with van der Waals surface area (Å²) in [4.78, 5) is 24.4. The highest BCUT2D eigenvalue weighted by molar-refractivity contribution is 5.88. The predicted octanol–water partition coefficient (Wildman–Crippen LogP) is 4.51. The molecule has 1 aliphatic carbocycles. The number of nitrogens with zero attached hydrogens (tertiary/aromatic N) is 2. The molecule has 1 fully saturated rings. The highest BCUT2D eigenvalue weighted by Gasteiger charge is 2.34. The quantitative estimate of drug-likeness (QED) is 0.682. The van der Waals surface area contributed by atoms with Crippen LogP contribution in [0.15, 0.2) is 29.2 Å². The summed E-state index contributed by atoms with van der Waals surface area (Å²) in [5.41, 5.74) is 3.50. The minimum absolute atomic E-state index is 0.217. The Balaban J connectivity index is 1.96. The molecule has 0 bridgehead atoms. The summed E-state index contributed by atoms with van der Waals surface area (Å²) >= 11 is 0. The van der Waals surface area contributed by atoms with E-state index >= 15 is 0 Å². The number of rotatable bonds is 5. The van der Waals surface area contributed by atoms with E-state index in [0.29, 0.717) is 12.5 Å². The number of hydrogen-bond donors (Lipinski definition) is 1. The van der Waals surface area contributed by atoms with Crippen LogP contribution in [0.5, 0.6) is 0 Å². The minimum atomic E-state index is -1.21. The Kier molecular flexibility index (Phi) is 5.66. The molecule has 6 nitrogen and oxygen atoms in total. The van der Waals surface area contributed by atoms with Crippen LogP contribution in [0, 0.1) is 11.8 Å². The van der Waals surface area contributed by atoms with Gasteiger partial charge in [0.2, 0.25) is 0 Å². The zero-order chi connectivity index (χ0) is 24.1. The summed E-state index contributed by atoms with van der Waals surface area (Å²) in [7, 11) is 1.66. The topological polar surface area (TPSA) is 71.8 Å². The van der Waals surface area contributed by atoms with E-state index in [0.717, 1.165) is 41.6 Å². The first-order chi connectivity index (χ1) is 15.5. The number of benzene rings is 1. The lowest BCUT2D eigenvalue weighted by atomic mass is 9.90. The fraction of sp³-hybridized carbons (Fsp3) is 0.481. The summed E-state index contributed by atoms with van der Waals surface area (Å²) in [6, 6.07) is 5.79. The van der Waals surface area contributed by atoms with Crippen LogP contribution in [0.3, 0.4) is 0 Å². The summed E-state index contributed by atoms with van der Waals surface area (Å²) in [6.45, 7) is 10.8. The van der Waals surface area contributed by atoms with Crippen molar-refractivity contribution in [1.82, 2.24) is 4.68 Å². The van der Waals surface area contributed by atoms with Crippen LogP contribution in [0.2, 0.25) is 0 Å². The zero-order valence-corrected chi connectivity index (χ0v) is 20.3. The van der Waals surface area contributed by atoms with Crippen molar-refractivity contribution in [2.45, 2.75) is 77.5 Å². The number of ether oxygens (including phenoxy) is 1. The highest BCUT2D eigenvalue weighted by atomic mass is 16.5. The molecule has 174 valence electrons. The normalized spacial score (nSPS) is 15.4. The Bertz CT molecular complexity index is 1240. The Hall–Kier alpha value is -3.04. The first kappa shape index (κ1) is 23.1. The van der Waals surface area contributed by atoms with Gasteiger partial charge < -0.3 is 14.9 Å². The van der Waals surface area contributed by atoms with E-state index in [9.17, 15) is 14.7 Å². The maximum absolute atomic E-state index is 12.7. The van der Waals surface area contributed by atoms with Crippen LogP contribution in [-0.2, 0) is 11.3 Å². The average molecular weight is 449 g/mol. The number of aromatic nitrogens is 1. The number of aromatic carboxylic acids is 1. The van der Waals surface area contributed by atoms with Gasteiger partial charge in [-0.15, -0.1) is 0 Å². The molecule has 0 spiro atoms. The van der Waals surface area contributed by atoms with Crippen molar-refractivity contribution in [2.75, 3.05) is 12.1 Å². The number of methoxy groups -OCH3 is 1. The lowest BCUT2D eigenvalue weighted by Gasteiger charge is -2.45. The van der Waals surface area contributed by atoms with Gasteiger partial charge in [-0.1, -0.05) is 18.8 Å². The molecule has 0 saturated heterocycles. The third kappa shape index (κ3) is 4.30. The number of pyridine rings is 1. The third-order valence-electron chi connectivity index (χ3n) is 6.98. The molecule has 0 radical (unpaired) electrons. The molecule has 33 heavy (non-hydrogen) atoms. The minimum Gasteiger partial charge on any atom is -0.477 e. The number of carboxylic acid groups (broad SMARTS) is 1. The van der Waals surface area contributed by atoms with Crippen LogP contribution in [-0.4, -0.2) is 34.0 Å². The van der Waals surface area contributed by atoms with E-state index in [1.165, 1.54) is 17.8 Å². The van der Waals surface area contributed by atoms with Crippen LogP contribution in [0.1, 0.15) is 86.8 Å². The lowest BCUT2D eigenvalue weighted by Crippen LogP contribution is -2.52. The second-order valence-corrected chi connectivity index (χ2v) is 10.1. The molecule has 2 aromatic rings. The van der Waals surface area contributed by atoms with Gasteiger partial charge in [0.25, 0.3) is 0 Å². The summed E-state index contributed by atoms with van der Waals surface area (Å²) < 4.78 is 7.35. The van der Waals surface area contributed by atoms with Gasteiger partial charge in [0, 0.05) is 30.5 Å². The molecular weight excluding hydrogens is 416 g/mol. The molecule has 1 aromatic carbocycles. The van der Waals surface area contributed by atoms with E-state index in [1.807, 2.05) is 18.5 Å². The maximum Gasteiger partial charge on any atom is 0.341 e. The van der Waals surface area contributed by atoms with E-state index in [2.05, 4.69) is 49.8 Å². The molecule has 2 heterocycles. The second-order valence-electron chi connectivity index (χ2n) is 10.1. The lowest BCUT2D eigenvalue weighted by molar-refractivity contribution is 0.0693. The average Bonchev–Trinajstić information content (AvgIpc) is 3.61. The zero-order valence-electron chi connectivity index (χ0n) is 20.3. The van der Waals surface area contributed by atoms with Crippen molar-refractivity contribution in [3.05, 3.63) is 56.9 Å². The van der Waals surface area contributed by atoms with Crippen LogP contribution in [0.4, 0.5) is 0 Å². The van der Waals surface area contributed by atoms with Crippen molar-refractivity contribution in [3.63, 3.8) is 0 Å². The van der Waals surface area contributed by atoms with Crippen molar-refractivity contribution in [1.29, 1.82) is 0 Å². The monoisotopic (exact) mass is 448 g/mol. The molecule has 1 N–H and O–H groups in total. The summed E-state index contributed by atoms with van der Waals surface area (Å²) in [5, 5.41) is 11.7. The standard InChI is InChI=1S/C27H32N2O4/c1-7-26(2,3)29-15-19-12-18(10-11-27(4,5)33-6)20(17-8-9-17)13-21(19)23-14-24(30)22(25(31)32)16-28(23)29/h12-14,16-17H,7-9,15H2,1-6H3,(H,31,32). The van der Waals surface area contributed by atoms with Crippen LogP contribution in [0.25, 0.3) is 11.3 Å². The van der Waals surface area contributed by atoms with E-state index < -0.39 is 17.0 Å². The number of hydrogen-bond acceptors (Lipinski definition) is 4. The van der Waals surface area contributed by atoms with Gasteiger partial charge in [0.15, 0.2) is 5.43 Å². The smallest absolute Gasteiger partial charge is 0.341 e. The highest BCUT2D eigenvalue weighted by Crippen LogP contribution is 2.45. The summed E-state index contributed by atoms with van der Waals surface area (Å²) in [5.74, 6) is 5.87. The Morgan fingerprint density at radius 3 is 2.48 bits per heavy atom. The molecule has 0 atom stereocenters. The molecule has 1 aromatic heterocycles. The third-order valence-corrected chi connectivity index (χ3v) is 6.98. The molecule has 1 aliphatic heterocycles. The molecule has 0 unspecified atom stereocenters. The second kappa shape index (κ2) is 8.07. The number of fused-ring (bicyclic) bond motifs is 3. The van der Waals surface area contributed by atoms with Gasteiger partial charge in [-0.2, -0.15) is 0 Å². The first-order valence-electron chi connectivity index (χ1n) is 11.5. The van der Waals surface area contributed by atoms with Gasteiger partial charge in [-0.3, -0.25) is 9.47 Å². The molecule has 2 aliphatic rings. The molecule has 6 heteroatoms. The SMILES string of the molecule is CCC(C)(C)N1Cc2cc(C#CC(C)(C)OC)c(C3CC3)cc2-c2cc(=O)c(C(=O)O)cn21. The Morgan fingerprint density at radius 1 is 1.21 bits per heavy atom. The Morgan fingerprint density at radius 2 is 1.91 bits per heavy atom. The van der Waals surface area contributed by atoms with Gasteiger partial charge in [0.05, 0.1) is 17.8 Å². The largest absolute Gasteiger partial charge is 0.477 e. The number of carboxylic acids is 1. The van der Waals surface area contributed by atoms with E-state index in [4.69, 9.17) is 4.74 Å². The van der Waals surface area contributed by atoms with Crippen molar-refractivity contribution >= 4 is 5.97 Å². The number of carbonyl (C=O) groups is 1. The Labute approximate surface area is 195 Å². The summed E-state index contributed by atoms with van der Waals surface area (Å²) in [6.07, 6.45) is 4.58. The molecule has 4 rings (SSSR count). The van der Waals surface area contributed by atoms with Gasteiger partial charge in [-0.05, 0) is 76.1 Å². The van der Waals surface area contributed by atoms with Crippen LogP contribution >= 0.6 is 0 Å². The maximum atomic E-state index is 12.7. The van der Waals surface area contributed by atoms with Crippen molar-refractivity contribution in [3.8, 4) is 23.1 Å². The van der Waals surface area contributed by atoms with Gasteiger partial charge >= 0.3 is 5.97 Å². The molecule has 0 amide bonds. The van der Waals surface area contributed by atoms with E-state index in [-0.39, 0.29) is 11.1 Å². The first-order valence-corrected chi connectivity index (χ1v) is 11.5. The van der Waals surface area contributed by atoms with Crippen LogP contribution < -0.4 is 10.4 Å². The van der Waals surface area contributed by atoms with E-state index in [1.54, 1.807) is 7.11 Å².